The zero-order chi connectivity index (χ0) is 18.4. The van der Waals surface area contributed by atoms with E-state index in [9.17, 15) is 9.59 Å². The van der Waals surface area contributed by atoms with E-state index >= 15 is 0 Å². The van der Waals surface area contributed by atoms with Crippen molar-refractivity contribution < 1.29 is 9.53 Å². The lowest BCUT2D eigenvalue weighted by molar-refractivity contribution is 0.101. The molecule has 1 N–H and O–H groups in total. The fourth-order valence-corrected chi connectivity index (χ4v) is 2.88. The molecule has 2 heterocycles. The number of nitrogens with zero attached hydrogens (tertiary/aromatic N) is 3. The van der Waals surface area contributed by atoms with Crippen LogP contribution in [0, 0.1) is 0 Å². The van der Waals surface area contributed by atoms with Gasteiger partial charge >= 0.3 is 0 Å². The SMILES string of the molecule is CCCCn1nc(C(=O)Nc2ccccc2N2CCOCC2)ccc1=O. The molecule has 0 unspecified atom stereocenters. The zero-order valence-electron chi connectivity index (χ0n) is 15.0. The highest BCUT2D eigenvalue weighted by molar-refractivity contribution is 6.04. The van der Waals surface area contributed by atoms with E-state index in [-0.39, 0.29) is 17.2 Å². The van der Waals surface area contributed by atoms with Crippen molar-refractivity contribution in [1.82, 2.24) is 9.78 Å². The van der Waals surface area contributed by atoms with E-state index in [1.165, 1.54) is 16.8 Å². The fraction of sp³-hybridized carbons (Fsp3) is 0.421. The Morgan fingerprint density at radius 2 is 1.96 bits per heavy atom. The predicted octanol–water partition coefficient (Wildman–Crippen LogP) is 2.13. The van der Waals surface area contributed by atoms with Crippen LogP contribution < -0.4 is 15.8 Å². The van der Waals surface area contributed by atoms with Gasteiger partial charge in [0.25, 0.3) is 11.5 Å². The summed E-state index contributed by atoms with van der Waals surface area (Å²) in [6, 6.07) is 10.5. The Morgan fingerprint density at radius 1 is 1.19 bits per heavy atom. The molecule has 0 radical (unpaired) electrons. The second-order valence-electron chi connectivity index (χ2n) is 6.20. The number of para-hydroxylation sites is 2. The first-order valence-electron chi connectivity index (χ1n) is 9.00. The van der Waals surface area contributed by atoms with Crippen LogP contribution in [0.1, 0.15) is 30.3 Å². The molecule has 1 aromatic carbocycles. The maximum Gasteiger partial charge on any atom is 0.276 e. The number of hydrogen-bond acceptors (Lipinski definition) is 5. The minimum atomic E-state index is -0.323. The summed E-state index contributed by atoms with van der Waals surface area (Å²) in [5.41, 5.74) is 1.73. The Bertz CT molecular complexity index is 812. The average molecular weight is 356 g/mol. The number of aryl methyl sites for hydroxylation is 1. The van der Waals surface area contributed by atoms with Gasteiger partial charge in [-0.1, -0.05) is 25.5 Å². The van der Waals surface area contributed by atoms with Crippen molar-refractivity contribution in [3.05, 3.63) is 52.4 Å². The van der Waals surface area contributed by atoms with Gasteiger partial charge in [-0.2, -0.15) is 5.10 Å². The molecule has 0 aliphatic carbocycles. The molecule has 1 aliphatic rings. The number of ether oxygens (including phenoxy) is 1. The molecule has 26 heavy (non-hydrogen) atoms. The van der Waals surface area contributed by atoms with Gasteiger partial charge in [-0.25, -0.2) is 4.68 Å². The summed E-state index contributed by atoms with van der Waals surface area (Å²) in [5, 5.41) is 7.13. The number of aromatic nitrogens is 2. The lowest BCUT2D eigenvalue weighted by Crippen LogP contribution is -2.36. The lowest BCUT2D eigenvalue weighted by atomic mass is 10.2. The van der Waals surface area contributed by atoms with Gasteiger partial charge in [-0.3, -0.25) is 9.59 Å². The highest BCUT2D eigenvalue weighted by Crippen LogP contribution is 2.26. The van der Waals surface area contributed by atoms with E-state index in [4.69, 9.17) is 4.74 Å². The number of unbranched alkanes of at least 4 members (excludes halogenated alkanes) is 1. The molecule has 3 rings (SSSR count). The maximum atomic E-state index is 12.7. The van der Waals surface area contributed by atoms with Crippen LogP contribution in [0.3, 0.4) is 0 Å². The van der Waals surface area contributed by atoms with Crippen molar-refractivity contribution in [3.8, 4) is 0 Å². The number of carbonyl (C=O) groups excluding carboxylic acids is 1. The van der Waals surface area contributed by atoms with Crippen LogP contribution >= 0.6 is 0 Å². The summed E-state index contributed by atoms with van der Waals surface area (Å²) in [4.78, 5) is 26.7. The number of hydrogen-bond donors (Lipinski definition) is 1. The Hall–Kier alpha value is -2.67. The number of amides is 1. The first kappa shape index (κ1) is 18.1. The van der Waals surface area contributed by atoms with Crippen LogP contribution in [0.4, 0.5) is 11.4 Å². The van der Waals surface area contributed by atoms with Crippen LogP contribution in [-0.2, 0) is 11.3 Å². The van der Waals surface area contributed by atoms with E-state index in [1.54, 1.807) is 0 Å². The molecule has 2 aromatic rings. The van der Waals surface area contributed by atoms with Gasteiger partial charge in [0, 0.05) is 25.7 Å². The number of anilines is 2. The molecule has 0 atom stereocenters. The van der Waals surface area contributed by atoms with Crippen LogP contribution in [-0.4, -0.2) is 42.0 Å². The third kappa shape index (κ3) is 4.29. The summed E-state index contributed by atoms with van der Waals surface area (Å²) in [6.45, 7) is 5.48. The fourth-order valence-electron chi connectivity index (χ4n) is 2.88. The molecule has 1 saturated heterocycles. The number of benzene rings is 1. The predicted molar refractivity (Wildman–Crippen MR) is 101 cm³/mol. The van der Waals surface area contributed by atoms with Crippen molar-refractivity contribution in [1.29, 1.82) is 0 Å². The van der Waals surface area contributed by atoms with E-state index in [0.29, 0.717) is 19.8 Å². The molecule has 138 valence electrons. The highest BCUT2D eigenvalue weighted by Gasteiger charge is 2.17. The van der Waals surface area contributed by atoms with Crippen molar-refractivity contribution in [3.63, 3.8) is 0 Å². The zero-order valence-corrected chi connectivity index (χ0v) is 15.0. The van der Waals surface area contributed by atoms with Gasteiger partial charge in [0.15, 0.2) is 0 Å². The summed E-state index contributed by atoms with van der Waals surface area (Å²) in [7, 11) is 0. The van der Waals surface area contributed by atoms with Gasteiger partial charge in [-0.05, 0) is 24.6 Å². The molecule has 0 spiro atoms. The van der Waals surface area contributed by atoms with Crippen LogP contribution in [0.5, 0.6) is 0 Å². The molecule has 1 aromatic heterocycles. The largest absolute Gasteiger partial charge is 0.378 e. The molecule has 0 bridgehead atoms. The molecular weight excluding hydrogens is 332 g/mol. The summed E-state index contributed by atoms with van der Waals surface area (Å²) < 4.78 is 6.75. The smallest absolute Gasteiger partial charge is 0.276 e. The maximum absolute atomic E-state index is 12.7. The summed E-state index contributed by atoms with van der Waals surface area (Å²) in [6.07, 6.45) is 1.80. The number of carbonyl (C=O) groups is 1. The van der Waals surface area contributed by atoms with Crippen LogP contribution in [0.2, 0.25) is 0 Å². The summed E-state index contributed by atoms with van der Waals surface area (Å²) >= 11 is 0. The van der Waals surface area contributed by atoms with Gasteiger partial charge in [0.2, 0.25) is 0 Å². The van der Waals surface area contributed by atoms with E-state index in [1.807, 2.05) is 31.2 Å². The van der Waals surface area contributed by atoms with E-state index < -0.39 is 0 Å². The topological polar surface area (TPSA) is 76.5 Å². The van der Waals surface area contributed by atoms with E-state index in [2.05, 4.69) is 15.3 Å². The van der Waals surface area contributed by atoms with Gasteiger partial charge in [-0.15, -0.1) is 0 Å². The number of morpholine rings is 1. The first-order valence-corrected chi connectivity index (χ1v) is 9.00. The lowest BCUT2D eigenvalue weighted by Gasteiger charge is -2.30. The third-order valence-electron chi connectivity index (χ3n) is 4.33. The molecule has 1 amide bonds. The van der Waals surface area contributed by atoms with Crippen molar-refractivity contribution in [2.45, 2.75) is 26.3 Å². The van der Waals surface area contributed by atoms with Crippen LogP contribution in [0.15, 0.2) is 41.2 Å². The first-order chi connectivity index (χ1) is 12.7. The van der Waals surface area contributed by atoms with Crippen molar-refractivity contribution in [2.75, 3.05) is 36.5 Å². The Morgan fingerprint density at radius 3 is 2.73 bits per heavy atom. The average Bonchev–Trinajstić information content (AvgIpc) is 2.68. The van der Waals surface area contributed by atoms with Crippen LogP contribution in [0.25, 0.3) is 0 Å². The summed E-state index contributed by atoms with van der Waals surface area (Å²) in [5.74, 6) is -0.323. The number of nitrogens with one attached hydrogen (secondary N) is 1. The van der Waals surface area contributed by atoms with Crippen molar-refractivity contribution >= 4 is 17.3 Å². The second-order valence-corrected chi connectivity index (χ2v) is 6.20. The standard InChI is InChI=1S/C19H24N4O3/c1-2-3-10-23-18(24)9-8-16(21-23)19(25)20-15-6-4-5-7-17(15)22-11-13-26-14-12-22/h4-9H,2-3,10-14H2,1H3,(H,20,25). The minimum absolute atomic E-state index is 0.191. The second kappa shape index (κ2) is 8.62. The molecule has 1 aliphatic heterocycles. The third-order valence-corrected chi connectivity index (χ3v) is 4.33. The van der Waals surface area contributed by atoms with Gasteiger partial charge in [0.1, 0.15) is 5.69 Å². The highest BCUT2D eigenvalue weighted by atomic mass is 16.5. The number of rotatable bonds is 6. The molecule has 1 fully saturated rings. The minimum Gasteiger partial charge on any atom is -0.378 e. The van der Waals surface area contributed by atoms with E-state index in [0.717, 1.165) is 37.3 Å². The Balaban J connectivity index is 1.79. The normalized spacial score (nSPS) is 14.3. The molecule has 7 heteroatoms. The Kier molecular flexibility index (Phi) is 6.01. The monoisotopic (exact) mass is 356 g/mol. The van der Waals surface area contributed by atoms with Gasteiger partial charge < -0.3 is 15.0 Å². The quantitative estimate of drug-likeness (QED) is 0.858. The van der Waals surface area contributed by atoms with Crippen molar-refractivity contribution in [2.24, 2.45) is 0 Å². The molecule has 0 saturated carbocycles. The Labute approximate surface area is 152 Å². The molecular formula is C19H24N4O3. The molecule has 7 nitrogen and oxygen atoms in total. The van der Waals surface area contributed by atoms with Gasteiger partial charge in [0.05, 0.1) is 24.6 Å².